The second-order valence-corrected chi connectivity index (χ2v) is 5.83. The molecule has 2 aliphatic rings. The molecule has 0 bridgehead atoms. The van der Waals surface area contributed by atoms with Crippen molar-refractivity contribution in [1.82, 2.24) is 0 Å². The van der Waals surface area contributed by atoms with Gasteiger partial charge in [-0.05, 0) is 53.9 Å². The van der Waals surface area contributed by atoms with Gasteiger partial charge in [0.1, 0.15) is 11.9 Å². The summed E-state index contributed by atoms with van der Waals surface area (Å²) in [5.41, 5.74) is 4.82. The Hall–Kier alpha value is -3.20. The minimum absolute atomic E-state index is 0.150. The monoisotopic (exact) mass is 314 g/mol. The zero-order valence-electron chi connectivity index (χ0n) is 13.1. The summed E-state index contributed by atoms with van der Waals surface area (Å²) in [4.78, 5) is 23.8. The second-order valence-electron chi connectivity index (χ2n) is 5.83. The van der Waals surface area contributed by atoms with E-state index in [1.165, 1.54) is 0 Å². The molecule has 2 aliphatic carbocycles. The number of carbonyl (C=O) groups is 2. The van der Waals surface area contributed by atoms with Crippen LogP contribution in [0.25, 0.3) is 22.1 Å². The van der Waals surface area contributed by atoms with Crippen LogP contribution in [0.3, 0.4) is 0 Å². The molecule has 2 aromatic rings. The maximum atomic E-state index is 12.9. The van der Waals surface area contributed by atoms with Gasteiger partial charge in [0, 0.05) is 16.5 Å². The number of furan rings is 1. The highest BCUT2D eigenvalue weighted by atomic mass is 16.3. The van der Waals surface area contributed by atoms with Crippen LogP contribution < -0.4 is 0 Å². The summed E-state index contributed by atoms with van der Waals surface area (Å²) in [5.74, 6) is 0.134. The quantitative estimate of drug-likeness (QED) is 0.399. The van der Waals surface area contributed by atoms with E-state index in [4.69, 9.17) is 4.42 Å². The smallest absolute Gasteiger partial charge is 0.228 e. The molecule has 0 unspecified atom stereocenters. The molecule has 3 heteroatoms. The number of rotatable bonds is 3. The van der Waals surface area contributed by atoms with E-state index < -0.39 is 0 Å². The molecule has 116 valence electrons. The van der Waals surface area contributed by atoms with Gasteiger partial charge in [0.25, 0.3) is 0 Å². The fourth-order valence-corrected chi connectivity index (χ4v) is 3.07. The lowest BCUT2D eigenvalue weighted by atomic mass is 10.0. The van der Waals surface area contributed by atoms with Crippen LogP contribution in [-0.4, -0.2) is 12.1 Å². The normalized spacial score (nSPS) is 11.0. The van der Waals surface area contributed by atoms with Crippen molar-refractivity contribution < 1.29 is 14.0 Å². The van der Waals surface area contributed by atoms with Gasteiger partial charge in [-0.3, -0.25) is 9.59 Å². The lowest BCUT2D eigenvalue weighted by molar-refractivity contribution is 0.101. The standard InChI is InChI=1S/C21H14O3/c1-13-9-18(17-6-4-2-3-5-16(13)17)21(23)20-11-15-10-14(12-22)7-8-19(15)24-20/h2-12H,1H3. The van der Waals surface area contributed by atoms with Gasteiger partial charge in [0.05, 0.1) is 0 Å². The molecule has 1 aromatic carbocycles. The first-order valence-electron chi connectivity index (χ1n) is 7.69. The maximum Gasteiger partial charge on any atom is 0.228 e. The predicted octanol–water partition coefficient (Wildman–Crippen LogP) is 4.89. The van der Waals surface area contributed by atoms with E-state index in [1.54, 1.807) is 24.3 Å². The first-order valence-corrected chi connectivity index (χ1v) is 7.69. The molecular weight excluding hydrogens is 300 g/mol. The van der Waals surface area contributed by atoms with Crippen molar-refractivity contribution in [3.8, 4) is 11.1 Å². The van der Waals surface area contributed by atoms with Gasteiger partial charge in [0.15, 0.2) is 5.76 Å². The molecule has 0 saturated heterocycles. The van der Waals surface area contributed by atoms with E-state index in [0.717, 1.165) is 28.4 Å². The van der Waals surface area contributed by atoms with Crippen LogP contribution in [0.1, 0.15) is 32.0 Å². The molecule has 1 heterocycles. The Labute approximate surface area is 138 Å². The van der Waals surface area contributed by atoms with Crippen molar-refractivity contribution in [2.45, 2.75) is 6.92 Å². The highest BCUT2D eigenvalue weighted by molar-refractivity contribution is 6.14. The Balaban J connectivity index is 1.84. The number of carbonyl (C=O) groups excluding carboxylic acids is 2. The Morgan fingerprint density at radius 3 is 2.54 bits per heavy atom. The number of hydrogen-bond acceptors (Lipinski definition) is 3. The van der Waals surface area contributed by atoms with Crippen LogP contribution in [0.15, 0.2) is 65.1 Å². The number of hydrogen-bond donors (Lipinski definition) is 0. The highest BCUT2D eigenvalue weighted by Gasteiger charge is 2.22. The highest BCUT2D eigenvalue weighted by Crippen LogP contribution is 2.33. The van der Waals surface area contributed by atoms with Gasteiger partial charge >= 0.3 is 0 Å². The largest absolute Gasteiger partial charge is 0.453 e. The van der Waals surface area contributed by atoms with Crippen LogP contribution >= 0.6 is 0 Å². The number of fused-ring (bicyclic) bond motifs is 2. The topological polar surface area (TPSA) is 47.3 Å². The number of ketones is 1. The molecule has 0 N–H and O–H groups in total. The molecule has 3 nitrogen and oxygen atoms in total. The number of aryl methyl sites for hydroxylation is 1. The molecule has 4 rings (SSSR count). The second kappa shape index (κ2) is 5.46. The average Bonchev–Trinajstić information content (AvgIpc) is 3.05. The number of aldehydes is 1. The van der Waals surface area contributed by atoms with Gasteiger partial charge in [-0.25, -0.2) is 0 Å². The third-order valence-corrected chi connectivity index (χ3v) is 4.26. The first-order chi connectivity index (χ1) is 11.7. The summed E-state index contributed by atoms with van der Waals surface area (Å²) in [6.07, 6.45) is 0.780. The van der Waals surface area contributed by atoms with Crippen LogP contribution in [0.4, 0.5) is 0 Å². The van der Waals surface area contributed by atoms with Gasteiger partial charge < -0.3 is 4.42 Å². The summed E-state index contributed by atoms with van der Waals surface area (Å²) in [6, 6.07) is 18.5. The minimum atomic E-state index is -0.150. The molecule has 0 saturated carbocycles. The first kappa shape index (κ1) is 14.4. The third kappa shape index (κ3) is 2.22. The predicted molar refractivity (Wildman–Crippen MR) is 92.8 cm³/mol. The summed E-state index contributed by atoms with van der Waals surface area (Å²) >= 11 is 0. The van der Waals surface area contributed by atoms with E-state index >= 15 is 0 Å². The van der Waals surface area contributed by atoms with E-state index in [-0.39, 0.29) is 11.5 Å². The Bertz CT molecular complexity index is 1060. The van der Waals surface area contributed by atoms with Crippen molar-refractivity contribution in [2.24, 2.45) is 0 Å². The van der Waals surface area contributed by atoms with Crippen molar-refractivity contribution in [3.05, 3.63) is 83.1 Å². The molecule has 0 fully saturated rings. The van der Waals surface area contributed by atoms with E-state index in [1.807, 2.05) is 43.3 Å². The average molecular weight is 314 g/mol. The Morgan fingerprint density at radius 1 is 0.958 bits per heavy atom. The van der Waals surface area contributed by atoms with E-state index in [0.29, 0.717) is 16.7 Å². The van der Waals surface area contributed by atoms with E-state index in [9.17, 15) is 9.59 Å². The van der Waals surface area contributed by atoms with Crippen molar-refractivity contribution in [1.29, 1.82) is 0 Å². The number of benzene rings is 1. The van der Waals surface area contributed by atoms with Crippen molar-refractivity contribution in [3.63, 3.8) is 0 Å². The minimum Gasteiger partial charge on any atom is -0.453 e. The SMILES string of the molecule is Cc1cc(C(=O)c2cc3cc(C=O)ccc3o2)c2cccccc1-2. The summed E-state index contributed by atoms with van der Waals surface area (Å²) in [7, 11) is 0. The van der Waals surface area contributed by atoms with E-state index in [2.05, 4.69) is 0 Å². The zero-order valence-corrected chi connectivity index (χ0v) is 13.1. The summed E-state index contributed by atoms with van der Waals surface area (Å²) < 4.78 is 5.70. The lowest BCUT2D eigenvalue weighted by Crippen LogP contribution is -1.98. The maximum absolute atomic E-state index is 12.9. The molecule has 24 heavy (non-hydrogen) atoms. The van der Waals surface area contributed by atoms with Gasteiger partial charge in [0.2, 0.25) is 5.78 Å². The van der Waals surface area contributed by atoms with Crippen molar-refractivity contribution >= 4 is 23.0 Å². The molecule has 0 radical (unpaired) electrons. The van der Waals surface area contributed by atoms with Crippen LogP contribution in [0, 0.1) is 6.92 Å². The van der Waals surface area contributed by atoms with Gasteiger partial charge in [-0.2, -0.15) is 0 Å². The molecule has 0 amide bonds. The molecule has 0 aliphatic heterocycles. The Morgan fingerprint density at radius 2 is 1.75 bits per heavy atom. The molecular formula is C21H14O3. The van der Waals surface area contributed by atoms with Crippen molar-refractivity contribution in [2.75, 3.05) is 0 Å². The molecule has 0 atom stereocenters. The fourth-order valence-electron chi connectivity index (χ4n) is 3.07. The van der Waals surface area contributed by atoms with Gasteiger partial charge in [-0.1, -0.05) is 30.3 Å². The van der Waals surface area contributed by atoms with Crippen LogP contribution in [0.5, 0.6) is 0 Å². The van der Waals surface area contributed by atoms with Crippen LogP contribution in [-0.2, 0) is 0 Å². The zero-order chi connectivity index (χ0) is 16.7. The lowest BCUT2D eigenvalue weighted by Gasteiger charge is -1.98. The summed E-state index contributed by atoms with van der Waals surface area (Å²) in [6.45, 7) is 1.99. The third-order valence-electron chi connectivity index (χ3n) is 4.26. The Kier molecular flexibility index (Phi) is 3.28. The fraction of sp³-hybridized carbons (Fsp3) is 0.0476. The van der Waals surface area contributed by atoms with Crippen LogP contribution in [0.2, 0.25) is 0 Å². The molecule has 1 aromatic heterocycles. The summed E-state index contributed by atoms with van der Waals surface area (Å²) in [5, 5.41) is 0.751. The molecule has 0 spiro atoms. The van der Waals surface area contributed by atoms with Gasteiger partial charge in [-0.15, -0.1) is 0 Å².